The van der Waals surface area contributed by atoms with Crippen molar-refractivity contribution in [3.8, 4) is 5.75 Å². The Morgan fingerprint density at radius 1 is 1.00 bits per heavy atom. The first-order valence-corrected chi connectivity index (χ1v) is 8.50. The summed E-state index contributed by atoms with van der Waals surface area (Å²) in [6.45, 7) is 1.05. The third-order valence-electron chi connectivity index (χ3n) is 5.67. The number of methoxy groups -OCH3 is 1. The van der Waals surface area contributed by atoms with Gasteiger partial charge in [0.05, 0.1) is 7.11 Å². The van der Waals surface area contributed by atoms with Gasteiger partial charge in [-0.3, -0.25) is 0 Å². The highest BCUT2D eigenvalue weighted by molar-refractivity contribution is 6.62. The van der Waals surface area contributed by atoms with Crippen LogP contribution in [0.2, 0.25) is 18.0 Å². The Bertz CT molecular complexity index is 392. The molecule has 1 aromatic rings. The number of aryl methyl sites for hydroxylation is 1. The molecule has 1 nitrogen and oxygen atoms in total. The van der Waals surface area contributed by atoms with E-state index in [-0.39, 0.29) is 0 Å². The highest BCUT2D eigenvalue weighted by atomic mass is 16.5. The third kappa shape index (κ3) is 3.21. The Balaban J connectivity index is 1.49. The van der Waals surface area contributed by atoms with E-state index in [0.29, 0.717) is 0 Å². The molecule has 0 aliphatic carbocycles. The first-order valence-electron chi connectivity index (χ1n) is 8.50. The van der Waals surface area contributed by atoms with Crippen LogP contribution in [0.1, 0.15) is 50.5 Å². The molecule has 0 N–H and O–H groups in total. The molecule has 0 aromatic heterocycles. The average molecular weight is 270 g/mol. The summed E-state index contributed by atoms with van der Waals surface area (Å²) in [7, 11) is 1.73. The number of ether oxygens (including phenoxy) is 1. The summed E-state index contributed by atoms with van der Waals surface area (Å²) in [5.41, 5.74) is 1.46. The maximum atomic E-state index is 5.22. The predicted octanol–water partition coefficient (Wildman–Crippen LogP) is 5.23. The van der Waals surface area contributed by atoms with Gasteiger partial charge < -0.3 is 4.74 Å². The number of hydrogen-bond acceptors (Lipinski definition) is 1. The minimum atomic E-state index is 0.968. The van der Waals surface area contributed by atoms with Crippen molar-refractivity contribution in [1.29, 1.82) is 0 Å². The summed E-state index contributed by atoms with van der Waals surface area (Å²) in [5, 5.41) is 0. The smallest absolute Gasteiger partial charge is 0.146 e. The highest BCUT2D eigenvalue weighted by Gasteiger charge is 2.38. The first-order chi connectivity index (χ1) is 9.86. The molecule has 2 bridgehead atoms. The molecular formula is C18H27BO. The summed E-state index contributed by atoms with van der Waals surface area (Å²) < 4.78 is 5.22. The lowest BCUT2D eigenvalue weighted by Crippen LogP contribution is -2.34. The summed E-state index contributed by atoms with van der Waals surface area (Å²) in [5.74, 6) is 3.10. The van der Waals surface area contributed by atoms with Gasteiger partial charge in [-0.05, 0) is 24.1 Å². The normalized spacial score (nSPS) is 25.6. The zero-order chi connectivity index (χ0) is 13.8. The molecule has 2 heterocycles. The molecule has 2 fully saturated rings. The Kier molecular flexibility index (Phi) is 4.70. The lowest BCUT2D eigenvalue weighted by atomic mass is 9.26. The Labute approximate surface area is 124 Å². The lowest BCUT2D eigenvalue weighted by molar-refractivity contribution is 0.414. The second kappa shape index (κ2) is 6.69. The average Bonchev–Trinajstić information content (AvgIpc) is 2.48. The van der Waals surface area contributed by atoms with Gasteiger partial charge in [0.2, 0.25) is 0 Å². The molecule has 0 radical (unpaired) electrons. The maximum absolute atomic E-state index is 5.22. The SMILES string of the molecule is COc1ccc(CCCB2C3CCCC2CCC3)cc1. The van der Waals surface area contributed by atoms with E-state index < -0.39 is 0 Å². The van der Waals surface area contributed by atoms with E-state index in [0.717, 1.165) is 24.1 Å². The van der Waals surface area contributed by atoms with Crippen LogP contribution in [0.15, 0.2) is 24.3 Å². The van der Waals surface area contributed by atoms with Gasteiger partial charge in [-0.1, -0.05) is 75.0 Å². The molecule has 2 aliphatic heterocycles. The van der Waals surface area contributed by atoms with Crippen molar-refractivity contribution < 1.29 is 4.74 Å². The van der Waals surface area contributed by atoms with Gasteiger partial charge >= 0.3 is 0 Å². The number of hydrogen-bond donors (Lipinski definition) is 0. The molecule has 0 spiro atoms. The van der Waals surface area contributed by atoms with Crippen molar-refractivity contribution in [1.82, 2.24) is 0 Å². The Morgan fingerprint density at radius 3 is 2.15 bits per heavy atom. The van der Waals surface area contributed by atoms with Gasteiger partial charge in [0, 0.05) is 0 Å². The Morgan fingerprint density at radius 2 is 1.60 bits per heavy atom. The van der Waals surface area contributed by atoms with Crippen LogP contribution in [0.3, 0.4) is 0 Å². The highest BCUT2D eigenvalue weighted by Crippen LogP contribution is 2.48. The van der Waals surface area contributed by atoms with Crippen molar-refractivity contribution in [2.24, 2.45) is 0 Å². The molecule has 108 valence electrons. The van der Waals surface area contributed by atoms with Crippen molar-refractivity contribution in [2.45, 2.75) is 69.3 Å². The van der Waals surface area contributed by atoms with E-state index in [2.05, 4.69) is 24.3 Å². The molecule has 0 amide bonds. The second-order valence-electron chi connectivity index (χ2n) is 6.79. The zero-order valence-electron chi connectivity index (χ0n) is 12.8. The van der Waals surface area contributed by atoms with Crippen molar-refractivity contribution >= 4 is 6.71 Å². The number of fused-ring (bicyclic) bond motifs is 2. The van der Waals surface area contributed by atoms with Crippen LogP contribution in [-0.2, 0) is 6.42 Å². The van der Waals surface area contributed by atoms with Crippen molar-refractivity contribution in [3.63, 3.8) is 0 Å². The zero-order valence-corrected chi connectivity index (χ0v) is 12.8. The fourth-order valence-electron chi connectivity index (χ4n) is 4.62. The topological polar surface area (TPSA) is 9.23 Å². The summed E-state index contributed by atoms with van der Waals surface area (Å²) in [4.78, 5) is 0. The molecule has 2 saturated heterocycles. The van der Waals surface area contributed by atoms with Gasteiger partial charge in [0.15, 0.2) is 0 Å². The quantitative estimate of drug-likeness (QED) is 0.665. The van der Waals surface area contributed by atoms with Crippen LogP contribution in [0, 0.1) is 0 Å². The van der Waals surface area contributed by atoms with E-state index in [1.54, 1.807) is 7.11 Å². The molecule has 3 rings (SSSR count). The lowest BCUT2D eigenvalue weighted by Gasteiger charge is -2.40. The van der Waals surface area contributed by atoms with Crippen LogP contribution in [0.4, 0.5) is 0 Å². The molecule has 1 aromatic carbocycles. The third-order valence-corrected chi connectivity index (χ3v) is 5.67. The molecule has 0 unspecified atom stereocenters. The standard InChI is InChI=1S/C18H27BO/c1-20-18-12-10-15(11-13-18)5-4-14-19-16-6-2-7-17(19)9-3-8-16/h10-13,16-17H,2-9,14H2,1H3. The van der Waals surface area contributed by atoms with Gasteiger partial charge in [-0.15, -0.1) is 0 Å². The van der Waals surface area contributed by atoms with Crippen LogP contribution < -0.4 is 4.74 Å². The molecule has 0 atom stereocenters. The van der Waals surface area contributed by atoms with Gasteiger partial charge in [0.1, 0.15) is 12.5 Å². The monoisotopic (exact) mass is 270 g/mol. The van der Waals surface area contributed by atoms with E-state index in [1.807, 2.05) is 0 Å². The largest absolute Gasteiger partial charge is 0.497 e. The predicted molar refractivity (Wildman–Crippen MR) is 87.1 cm³/mol. The summed E-state index contributed by atoms with van der Waals surface area (Å²) >= 11 is 0. The van der Waals surface area contributed by atoms with Gasteiger partial charge in [-0.2, -0.15) is 0 Å². The van der Waals surface area contributed by atoms with Crippen LogP contribution in [0.5, 0.6) is 5.75 Å². The minimum Gasteiger partial charge on any atom is -0.497 e. The summed E-state index contributed by atoms with van der Waals surface area (Å²) in [6, 6.07) is 8.62. The fourth-order valence-corrected chi connectivity index (χ4v) is 4.62. The van der Waals surface area contributed by atoms with E-state index in [1.165, 1.54) is 63.3 Å². The maximum Gasteiger partial charge on any atom is 0.146 e. The van der Waals surface area contributed by atoms with E-state index in [9.17, 15) is 0 Å². The van der Waals surface area contributed by atoms with E-state index in [4.69, 9.17) is 4.74 Å². The van der Waals surface area contributed by atoms with Crippen molar-refractivity contribution in [3.05, 3.63) is 29.8 Å². The number of benzene rings is 1. The number of rotatable bonds is 5. The molecule has 2 heteroatoms. The molecular weight excluding hydrogens is 243 g/mol. The van der Waals surface area contributed by atoms with Gasteiger partial charge in [0.25, 0.3) is 0 Å². The van der Waals surface area contributed by atoms with Gasteiger partial charge in [-0.25, -0.2) is 0 Å². The molecule has 2 aliphatic rings. The second-order valence-corrected chi connectivity index (χ2v) is 6.79. The Hall–Kier alpha value is -0.915. The van der Waals surface area contributed by atoms with Crippen LogP contribution in [-0.4, -0.2) is 13.8 Å². The fraction of sp³-hybridized carbons (Fsp3) is 0.667. The van der Waals surface area contributed by atoms with E-state index >= 15 is 0 Å². The minimum absolute atomic E-state index is 0.968. The first kappa shape index (κ1) is 14.0. The van der Waals surface area contributed by atoms with Crippen molar-refractivity contribution in [2.75, 3.05) is 7.11 Å². The van der Waals surface area contributed by atoms with Crippen LogP contribution in [0.25, 0.3) is 0 Å². The molecule has 0 saturated carbocycles. The molecule has 20 heavy (non-hydrogen) atoms. The summed E-state index contributed by atoms with van der Waals surface area (Å²) in [6.07, 6.45) is 13.1. The van der Waals surface area contributed by atoms with Crippen LogP contribution >= 0.6 is 0 Å².